The molecule has 0 spiro atoms. The zero-order valence-corrected chi connectivity index (χ0v) is 25.6. The van der Waals surface area contributed by atoms with Crippen molar-refractivity contribution in [2.45, 2.75) is 67.9 Å². The molecule has 0 bridgehead atoms. The topological polar surface area (TPSA) is 162 Å². The van der Waals surface area contributed by atoms with E-state index in [1.165, 1.54) is 30.5 Å². The van der Waals surface area contributed by atoms with Crippen molar-refractivity contribution in [1.82, 2.24) is 10.3 Å². The molecule has 1 aromatic heterocycles. The van der Waals surface area contributed by atoms with Crippen molar-refractivity contribution >= 4 is 23.7 Å². The summed E-state index contributed by atoms with van der Waals surface area (Å²) in [6.45, 7) is -1.57. The number of carbonyl (C=O) groups excluding carboxylic acids is 2. The number of hydrogen-bond acceptors (Lipinski definition) is 8. The molecule has 1 aliphatic heterocycles. The average molecular weight is 668 g/mol. The molecule has 2 atom stereocenters. The highest BCUT2D eigenvalue weighted by molar-refractivity contribution is 5.99. The molecule has 3 aromatic rings. The molecule has 2 heterocycles. The third-order valence-electron chi connectivity index (χ3n) is 9.35. The van der Waals surface area contributed by atoms with Crippen molar-refractivity contribution in [3.8, 4) is 22.8 Å². The Balaban J connectivity index is 1.27. The van der Waals surface area contributed by atoms with Gasteiger partial charge in [0.15, 0.2) is 0 Å². The zero-order valence-electron chi connectivity index (χ0n) is 25.6. The van der Waals surface area contributed by atoms with Crippen molar-refractivity contribution in [1.29, 1.82) is 0 Å². The Labute approximate surface area is 272 Å². The van der Waals surface area contributed by atoms with Crippen LogP contribution < -0.4 is 26.3 Å². The summed E-state index contributed by atoms with van der Waals surface area (Å²) in [5, 5.41) is 13.7. The number of nitrogen functional groups attached to an aromatic ring is 1. The lowest BCUT2D eigenvalue weighted by Gasteiger charge is -2.32. The average Bonchev–Trinajstić information content (AvgIpc) is 3.91. The highest BCUT2D eigenvalue weighted by Crippen LogP contribution is 2.56. The summed E-state index contributed by atoms with van der Waals surface area (Å²) in [5.41, 5.74) is 6.73. The number of hydrogen-bond donors (Lipinski definition) is 4. The van der Waals surface area contributed by atoms with Gasteiger partial charge in [0, 0.05) is 28.5 Å². The Kier molecular flexibility index (Phi) is 7.61. The Morgan fingerprint density at radius 2 is 1.81 bits per heavy atom. The second-order valence-electron chi connectivity index (χ2n) is 13.0. The van der Waals surface area contributed by atoms with Crippen LogP contribution in [0.15, 0.2) is 47.5 Å². The van der Waals surface area contributed by atoms with Gasteiger partial charge in [-0.3, -0.25) is 14.6 Å². The molecule has 0 unspecified atom stereocenters. The van der Waals surface area contributed by atoms with Gasteiger partial charge in [-0.1, -0.05) is 0 Å². The van der Waals surface area contributed by atoms with E-state index in [0.29, 0.717) is 18.4 Å². The SMILES string of the molecule is NC(=O)[C@@]1(C2CC2)COc2c1cc([C@@](O)(CNC(=O)c1cc(C=NC3CC3)c(N)c(OC3CC3)c1)C(F)(F)F)nc2-c1ccc(F)cc1. The van der Waals surface area contributed by atoms with Crippen LogP contribution in [0, 0.1) is 11.7 Å². The van der Waals surface area contributed by atoms with E-state index in [0.717, 1.165) is 43.9 Å². The summed E-state index contributed by atoms with van der Waals surface area (Å²) in [4.78, 5) is 35.0. The van der Waals surface area contributed by atoms with Crippen LogP contribution in [0.1, 0.15) is 65.7 Å². The highest BCUT2D eigenvalue weighted by Gasteiger charge is 2.60. The molecule has 2 aromatic carbocycles. The summed E-state index contributed by atoms with van der Waals surface area (Å²) in [6, 6.07) is 8.67. The standard InChI is InChI=1S/C34H33F4N5O5/c35-21-5-1-17(2-6-21)28-29-24(32(16-47-29,31(40)45)20-3-4-20)13-26(43-28)33(46,34(36,37)38)15-42-30(44)18-11-19(14-41-22-7-8-22)27(39)25(12-18)48-23-9-10-23/h1-2,5-6,11-14,20,22-23,46H,3-4,7-10,15-16,39H2,(H2,40,45)(H,42,44)/t32-,33+/m1/s1. The molecule has 6 N–H and O–H groups in total. The first-order chi connectivity index (χ1) is 22.8. The maximum atomic E-state index is 14.9. The van der Waals surface area contributed by atoms with E-state index in [2.05, 4.69) is 15.3 Å². The van der Waals surface area contributed by atoms with Crippen LogP contribution in [0.5, 0.6) is 11.5 Å². The second-order valence-corrected chi connectivity index (χ2v) is 13.0. The van der Waals surface area contributed by atoms with E-state index in [4.69, 9.17) is 20.9 Å². The molecule has 48 heavy (non-hydrogen) atoms. The molecule has 252 valence electrons. The van der Waals surface area contributed by atoms with Crippen molar-refractivity contribution in [3.63, 3.8) is 0 Å². The number of benzene rings is 2. The number of aliphatic hydroxyl groups is 1. The van der Waals surface area contributed by atoms with Crippen LogP contribution in [0.2, 0.25) is 0 Å². The predicted molar refractivity (Wildman–Crippen MR) is 166 cm³/mol. The van der Waals surface area contributed by atoms with Gasteiger partial charge in [-0.25, -0.2) is 9.37 Å². The summed E-state index contributed by atoms with van der Waals surface area (Å²) < 4.78 is 70.4. The minimum absolute atomic E-state index is 0.0232. The molecule has 0 radical (unpaired) electrons. The first kappa shape index (κ1) is 31.9. The molecule has 3 fully saturated rings. The summed E-state index contributed by atoms with van der Waals surface area (Å²) >= 11 is 0. The number of alkyl halides is 3. The first-order valence-electron chi connectivity index (χ1n) is 15.8. The van der Waals surface area contributed by atoms with Gasteiger partial charge in [0.25, 0.3) is 5.91 Å². The Morgan fingerprint density at radius 3 is 2.42 bits per heavy atom. The Hall–Kier alpha value is -4.72. The number of amides is 2. The maximum absolute atomic E-state index is 14.9. The molecular formula is C34H33F4N5O5. The number of fused-ring (bicyclic) bond motifs is 1. The fourth-order valence-electron chi connectivity index (χ4n) is 6.01. The molecule has 4 aliphatic rings. The summed E-state index contributed by atoms with van der Waals surface area (Å²) in [6.07, 6.45) is 0.713. The lowest BCUT2D eigenvalue weighted by molar-refractivity contribution is -0.265. The number of halogens is 4. The van der Waals surface area contributed by atoms with Crippen LogP contribution in [-0.4, -0.2) is 59.6 Å². The Morgan fingerprint density at radius 1 is 1.10 bits per heavy atom. The third kappa shape index (κ3) is 5.71. The fourth-order valence-corrected chi connectivity index (χ4v) is 6.01. The molecule has 7 rings (SSSR count). The van der Waals surface area contributed by atoms with E-state index in [-0.39, 0.29) is 64.2 Å². The minimum atomic E-state index is -5.36. The third-order valence-corrected chi connectivity index (χ3v) is 9.35. The van der Waals surface area contributed by atoms with Crippen LogP contribution in [-0.2, 0) is 15.8 Å². The van der Waals surface area contributed by atoms with Gasteiger partial charge in [0.1, 0.15) is 35.0 Å². The van der Waals surface area contributed by atoms with Crippen molar-refractivity contribution in [2.24, 2.45) is 16.6 Å². The van der Waals surface area contributed by atoms with E-state index < -0.39 is 47.1 Å². The van der Waals surface area contributed by atoms with Crippen molar-refractivity contribution in [2.75, 3.05) is 18.9 Å². The number of carbonyl (C=O) groups is 2. The van der Waals surface area contributed by atoms with E-state index in [1.54, 1.807) is 0 Å². The van der Waals surface area contributed by atoms with Gasteiger partial charge < -0.3 is 31.4 Å². The van der Waals surface area contributed by atoms with Gasteiger partial charge in [0.05, 0.1) is 30.1 Å². The quantitative estimate of drug-likeness (QED) is 0.135. The van der Waals surface area contributed by atoms with Gasteiger partial charge in [0.2, 0.25) is 11.5 Å². The Bertz CT molecular complexity index is 1820. The number of anilines is 1. The lowest BCUT2D eigenvalue weighted by Crippen LogP contribution is -2.52. The molecule has 2 amide bonds. The number of primary amides is 1. The normalized spacial score (nSPS) is 21.8. The molecule has 10 nitrogen and oxygen atoms in total. The predicted octanol–water partition coefficient (Wildman–Crippen LogP) is 4.30. The minimum Gasteiger partial charge on any atom is -0.489 e. The smallest absolute Gasteiger partial charge is 0.424 e. The fraction of sp³-hybridized carbons (Fsp3) is 0.412. The second kappa shape index (κ2) is 11.5. The number of nitrogens with two attached hydrogens (primary N) is 2. The molecule has 3 aliphatic carbocycles. The monoisotopic (exact) mass is 667 g/mol. The number of nitrogens with one attached hydrogen (secondary N) is 1. The van der Waals surface area contributed by atoms with E-state index >= 15 is 0 Å². The lowest BCUT2D eigenvalue weighted by atomic mass is 9.76. The van der Waals surface area contributed by atoms with Crippen molar-refractivity contribution in [3.05, 3.63) is 70.7 Å². The van der Waals surface area contributed by atoms with Crippen molar-refractivity contribution < 1.29 is 41.7 Å². The largest absolute Gasteiger partial charge is 0.489 e. The zero-order chi connectivity index (χ0) is 34.0. The van der Waals surface area contributed by atoms with Gasteiger partial charge in [-0.05, 0) is 86.9 Å². The highest BCUT2D eigenvalue weighted by atomic mass is 19.4. The number of rotatable bonds is 11. The van der Waals surface area contributed by atoms with E-state index in [9.17, 15) is 32.3 Å². The van der Waals surface area contributed by atoms with Gasteiger partial charge in [-0.2, -0.15) is 13.2 Å². The first-order valence-corrected chi connectivity index (χ1v) is 15.8. The van der Waals surface area contributed by atoms with Gasteiger partial charge >= 0.3 is 6.18 Å². The van der Waals surface area contributed by atoms with Crippen LogP contribution in [0.3, 0.4) is 0 Å². The number of pyridine rings is 1. The number of aliphatic imine (C=N–C) groups is 1. The van der Waals surface area contributed by atoms with E-state index in [1.807, 2.05) is 0 Å². The molecule has 14 heteroatoms. The van der Waals surface area contributed by atoms with Gasteiger partial charge in [-0.15, -0.1) is 0 Å². The summed E-state index contributed by atoms with van der Waals surface area (Å²) in [5.74, 6) is -2.38. The van der Waals surface area contributed by atoms with Crippen LogP contribution in [0.25, 0.3) is 11.3 Å². The summed E-state index contributed by atoms with van der Waals surface area (Å²) in [7, 11) is 0. The molecule has 3 saturated carbocycles. The maximum Gasteiger partial charge on any atom is 0.424 e. The van der Waals surface area contributed by atoms with Crippen LogP contribution in [0.4, 0.5) is 23.2 Å². The molecular weight excluding hydrogens is 634 g/mol. The number of ether oxygens (including phenoxy) is 2. The number of nitrogens with zero attached hydrogens (tertiary/aromatic N) is 2. The van der Waals surface area contributed by atoms with Crippen LogP contribution >= 0.6 is 0 Å². The molecule has 0 saturated heterocycles. The number of aromatic nitrogens is 1.